The van der Waals surface area contributed by atoms with Gasteiger partial charge in [0, 0.05) is 12.2 Å². The lowest BCUT2D eigenvalue weighted by Gasteiger charge is -2.23. The maximum atomic E-state index is 12.1. The number of primary amides is 1. The van der Waals surface area contributed by atoms with Crippen LogP contribution in [0.5, 0.6) is 0 Å². The van der Waals surface area contributed by atoms with Crippen molar-refractivity contribution in [1.82, 2.24) is 10.6 Å². The minimum Gasteiger partial charge on any atom is -0.480 e. The van der Waals surface area contributed by atoms with Gasteiger partial charge in [-0.2, -0.15) is 12.6 Å². The van der Waals surface area contributed by atoms with Crippen LogP contribution < -0.4 is 22.1 Å². The average molecular weight is 348 g/mol. The fourth-order valence-corrected chi connectivity index (χ4v) is 1.93. The Morgan fingerprint density at radius 2 is 1.70 bits per heavy atom. The molecule has 0 saturated carbocycles. The van der Waals surface area contributed by atoms with E-state index >= 15 is 0 Å². The van der Waals surface area contributed by atoms with Gasteiger partial charge >= 0.3 is 5.97 Å². The van der Waals surface area contributed by atoms with E-state index in [1.165, 1.54) is 0 Å². The van der Waals surface area contributed by atoms with Crippen LogP contribution in [-0.2, 0) is 19.2 Å². The number of thiol groups is 1. The molecule has 3 amide bonds. The Bertz CT molecular complexity index is 458. The third-order valence-corrected chi connectivity index (χ3v) is 3.45. The Hall–Kier alpha value is -1.81. The smallest absolute Gasteiger partial charge is 0.326 e. The van der Waals surface area contributed by atoms with E-state index in [-0.39, 0.29) is 24.5 Å². The van der Waals surface area contributed by atoms with Crippen LogP contribution >= 0.6 is 12.6 Å². The van der Waals surface area contributed by atoms with Crippen LogP contribution in [0.2, 0.25) is 0 Å². The van der Waals surface area contributed by atoms with Crippen molar-refractivity contribution in [3.63, 3.8) is 0 Å². The highest BCUT2D eigenvalue weighted by atomic mass is 32.1. The summed E-state index contributed by atoms with van der Waals surface area (Å²) >= 11 is 3.97. The second-order valence-corrected chi connectivity index (χ2v) is 5.79. The first-order valence-corrected chi connectivity index (χ1v) is 7.71. The van der Waals surface area contributed by atoms with Gasteiger partial charge in [0.1, 0.15) is 12.1 Å². The molecular weight excluding hydrogens is 324 g/mol. The third-order valence-electron chi connectivity index (χ3n) is 3.08. The van der Waals surface area contributed by atoms with Crippen molar-refractivity contribution >= 4 is 36.3 Å². The maximum absolute atomic E-state index is 12.1. The zero-order valence-corrected chi connectivity index (χ0v) is 14.0. The second-order valence-electron chi connectivity index (χ2n) is 5.42. The van der Waals surface area contributed by atoms with Gasteiger partial charge in [-0.3, -0.25) is 14.4 Å². The van der Waals surface area contributed by atoms with Crippen LogP contribution in [0, 0.1) is 5.92 Å². The van der Waals surface area contributed by atoms with E-state index in [0.717, 1.165) is 0 Å². The molecule has 3 atom stereocenters. The first-order valence-electron chi connectivity index (χ1n) is 7.08. The zero-order chi connectivity index (χ0) is 18.2. The number of carbonyl (C=O) groups is 4. The highest BCUT2D eigenvalue weighted by Gasteiger charge is 2.28. The zero-order valence-electron chi connectivity index (χ0n) is 13.1. The number of hydrogen-bond donors (Lipinski definition) is 6. The molecule has 0 rings (SSSR count). The van der Waals surface area contributed by atoms with Crippen molar-refractivity contribution in [1.29, 1.82) is 0 Å². The van der Waals surface area contributed by atoms with Gasteiger partial charge in [-0.1, -0.05) is 13.8 Å². The van der Waals surface area contributed by atoms with Crippen molar-refractivity contribution in [3.05, 3.63) is 0 Å². The van der Waals surface area contributed by atoms with Crippen molar-refractivity contribution in [2.24, 2.45) is 17.4 Å². The molecular formula is C13H24N4O5S. The van der Waals surface area contributed by atoms with Crippen molar-refractivity contribution in [2.45, 2.75) is 44.8 Å². The number of nitrogens with two attached hydrogens (primary N) is 2. The first-order chi connectivity index (χ1) is 10.6. The first kappa shape index (κ1) is 21.2. The fraction of sp³-hybridized carbons (Fsp3) is 0.692. The molecule has 10 heteroatoms. The molecule has 0 saturated heterocycles. The van der Waals surface area contributed by atoms with E-state index in [2.05, 4.69) is 23.3 Å². The Morgan fingerprint density at radius 1 is 1.13 bits per heavy atom. The van der Waals surface area contributed by atoms with Crippen LogP contribution in [0.25, 0.3) is 0 Å². The van der Waals surface area contributed by atoms with Crippen LogP contribution in [0.4, 0.5) is 0 Å². The van der Waals surface area contributed by atoms with Crippen LogP contribution in [0.15, 0.2) is 0 Å². The molecule has 0 heterocycles. The molecule has 0 aromatic heterocycles. The summed E-state index contributed by atoms with van der Waals surface area (Å²) in [5.41, 5.74) is 10.6. The van der Waals surface area contributed by atoms with Gasteiger partial charge in [-0.25, -0.2) is 4.79 Å². The molecule has 23 heavy (non-hydrogen) atoms. The molecule has 0 spiro atoms. The largest absolute Gasteiger partial charge is 0.480 e. The standard InChI is InChI=1S/C13H24N4O5S/c1-6(2)10(13(21)22)17-12(20)8(5-23)16-11(19)7(14)3-4-9(15)18/h6-8,10,23H,3-5,14H2,1-2H3,(H2,15,18)(H,16,19)(H,17,20)(H,21,22). The van der Waals surface area contributed by atoms with Crippen molar-refractivity contribution in [3.8, 4) is 0 Å². The van der Waals surface area contributed by atoms with Crippen molar-refractivity contribution < 1.29 is 24.3 Å². The lowest BCUT2D eigenvalue weighted by Crippen LogP contribution is -2.56. The van der Waals surface area contributed by atoms with Crippen LogP contribution in [-0.4, -0.2) is 52.7 Å². The summed E-state index contributed by atoms with van der Waals surface area (Å²) in [5.74, 6) is -3.43. The molecule has 0 aliphatic heterocycles. The molecule has 0 radical (unpaired) electrons. The maximum Gasteiger partial charge on any atom is 0.326 e. The topological polar surface area (TPSA) is 165 Å². The van der Waals surface area contributed by atoms with Crippen LogP contribution in [0.3, 0.4) is 0 Å². The number of nitrogens with one attached hydrogen (secondary N) is 2. The van der Waals surface area contributed by atoms with E-state index in [1.54, 1.807) is 13.8 Å². The van der Waals surface area contributed by atoms with E-state index in [4.69, 9.17) is 16.6 Å². The quantitative estimate of drug-likeness (QED) is 0.255. The summed E-state index contributed by atoms with van der Waals surface area (Å²) in [4.78, 5) is 45.7. The van der Waals surface area contributed by atoms with Gasteiger partial charge in [0.05, 0.1) is 6.04 Å². The Morgan fingerprint density at radius 3 is 2.09 bits per heavy atom. The molecule has 0 fully saturated rings. The summed E-state index contributed by atoms with van der Waals surface area (Å²) < 4.78 is 0. The molecule has 0 aliphatic rings. The van der Waals surface area contributed by atoms with E-state index in [0.29, 0.717) is 0 Å². The van der Waals surface area contributed by atoms with Crippen LogP contribution in [0.1, 0.15) is 26.7 Å². The predicted octanol–water partition coefficient (Wildman–Crippen LogP) is -1.78. The monoisotopic (exact) mass is 348 g/mol. The third kappa shape index (κ3) is 7.84. The summed E-state index contributed by atoms with van der Waals surface area (Å²) in [6.07, 6.45) is -0.00736. The summed E-state index contributed by atoms with van der Waals surface area (Å²) in [6.45, 7) is 3.29. The number of aliphatic carboxylic acids is 1. The number of amides is 3. The second kappa shape index (κ2) is 10.1. The predicted molar refractivity (Wildman–Crippen MR) is 86.6 cm³/mol. The normalized spacial score (nSPS) is 14.7. The Kier molecular flexibility index (Phi) is 9.27. The Labute approximate surface area is 139 Å². The molecule has 0 aromatic carbocycles. The SMILES string of the molecule is CC(C)C(NC(=O)C(CS)NC(=O)C(N)CCC(N)=O)C(=O)O. The Balaban J connectivity index is 4.69. The van der Waals surface area contributed by atoms with Gasteiger partial charge in [0.2, 0.25) is 17.7 Å². The van der Waals surface area contributed by atoms with Gasteiger partial charge in [0.25, 0.3) is 0 Å². The fourth-order valence-electron chi connectivity index (χ4n) is 1.67. The average Bonchev–Trinajstić information content (AvgIpc) is 2.46. The number of carbonyl (C=O) groups excluding carboxylic acids is 3. The summed E-state index contributed by atoms with van der Waals surface area (Å²) in [5, 5.41) is 13.8. The number of rotatable bonds is 10. The molecule has 0 aliphatic carbocycles. The van der Waals surface area contributed by atoms with E-state index in [9.17, 15) is 19.2 Å². The number of carboxylic acid groups (broad SMARTS) is 1. The lowest BCUT2D eigenvalue weighted by atomic mass is 10.0. The molecule has 9 nitrogen and oxygen atoms in total. The minimum atomic E-state index is -1.17. The van der Waals surface area contributed by atoms with Gasteiger partial charge in [-0.15, -0.1) is 0 Å². The summed E-state index contributed by atoms with van der Waals surface area (Å²) in [6, 6.07) is -3.12. The minimum absolute atomic E-state index is 0.0372. The lowest BCUT2D eigenvalue weighted by molar-refractivity contribution is -0.143. The molecule has 0 aromatic rings. The van der Waals surface area contributed by atoms with E-state index < -0.39 is 41.8 Å². The molecule has 0 bridgehead atoms. The highest BCUT2D eigenvalue weighted by Crippen LogP contribution is 2.03. The summed E-state index contributed by atoms with van der Waals surface area (Å²) in [7, 11) is 0. The molecule has 7 N–H and O–H groups in total. The number of hydrogen-bond acceptors (Lipinski definition) is 6. The molecule has 132 valence electrons. The van der Waals surface area contributed by atoms with Gasteiger partial charge in [0.15, 0.2) is 0 Å². The van der Waals surface area contributed by atoms with Gasteiger partial charge in [-0.05, 0) is 12.3 Å². The molecule has 3 unspecified atom stereocenters. The van der Waals surface area contributed by atoms with Crippen molar-refractivity contribution in [2.75, 3.05) is 5.75 Å². The number of carboxylic acids is 1. The van der Waals surface area contributed by atoms with Gasteiger partial charge < -0.3 is 27.2 Å². The highest BCUT2D eigenvalue weighted by molar-refractivity contribution is 7.80. The van der Waals surface area contributed by atoms with E-state index in [1.807, 2.05) is 0 Å².